The van der Waals surface area contributed by atoms with Gasteiger partial charge in [-0.05, 0) is 26.0 Å². The molecule has 1 amide bonds. The first-order chi connectivity index (χ1) is 9.58. The molecule has 0 radical (unpaired) electrons. The lowest BCUT2D eigenvalue weighted by molar-refractivity contribution is -0.132. The second-order valence-electron chi connectivity index (χ2n) is 4.65. The van der Waals surface area contributed by atoms with Gasteiger partial charge in [0.05, 0.1) is 24.1 Å². The number of likely N-dealkylation sites (N-methyl/N-ethyl adjacent to an activating group) is 1. The lowest BCUT2D eigenvalue weighted by atomic mass is 10.3. The van der Waals surface area contributed by atoms with Gasteiger partial charge in [0.15, 0.2) is 0 Å². The molecule has 6 nitrogen and oxygen atoms in total. The Balaban J connectivity index is 2.02. The molecule has 0 aliphatic heterocycles. The van der Waals surface area contributed by atoms with Crippen LogP contribution in [0.4, 0.5) is 5.69 Å². The highest BCUT2D eigenvalue weighted by molar-refractivity contribution is 5.75. The number of amides is 1. The molecule has 0 aromatic carbocycles. The predicted molar refractivity (Wildman–Crippen MR) is 76.7 cm³/mol. The summed E-state index contributed by atoms with van der Waals surface area (Å²) in [7, 11) is 0. The summed E-state index contributed by atoms with van der Waals surface area (Å²) >= 11 is 0. The Kier molecular flexibility index (Phi) is 4.34. The summed E-state index contributed by atoms with van der Waals surface area (Å²) in [6.45, 7) is 5.22. The van der Waals surface area contributed by atoms with Gasteiger partial charge in [0, 0.05) is 18.4 Å². The first kappa shape index (κ1) is 14.0. The number of nitrogen functional groups attached to an aromatic ring is 1. The molecule has 0 bridgehead atoms. The maximum Gasteiger partial charge on any atom is 0.244 e. The zero-order chi connectivity index (χ0) is 14.5. The van der Waals surface area contributed by atoms with Crippen LogP contribution in [0.25, 0.3) is 0 Å². The maximum atomic E-state index is 12.2. The molecular formula is C14H19N5O. The molecule has 2 N–H and O–H groups in total. The monoisotopic (exact) mass is 273 g/mol. The van der Waals surface area contributed by atoms with Crippen LogP contribution < -0.4 is 5.73 Å². The molecule has 0 atom stereocenters. The smallest absolute Gasteiger partial charge is 0.244 e. The van der Waals surface area contributed by atoms with E-state index in [0.29, 0.717) is 18.8 Å². The van der Waals surface area contributed by atoms with E-state index in [1.54, 1.807) is 15.8 Å². The Labute approximate surface area is 118 Å². The van der Waals surface area contributed by atoms with Crippen LogP contribution in [-0.4, -0.2) is 32.1 Å². The molecule has 20 heavy (non-hydrogen) atoms. The van der Waals surface area contributed by atoms with Crippen LogP contribution in [0.1, 0.15) is 18.3 Å². The molecule has 106 valence electrons. The highest BCUT2D eigenvalue weighted by Gasteiger charge is 2.14. The highest BCUT2D eigenvalue weighted by Crippen LogP contribution is 2.05. The van der Waals surface area contributed by atoms with E-state index in [9.17, 15) is 4.79 Å². The van der Waals surface area contributed by atoms with E-state index in [1.165, 1.54) is 6.20 Å². The van der Waals surface area contributed by atoms with Crippen molar-refractivity contribution in [3.05, 3.63) is 42.0 Å². The number of pyridine rings is 1. The Bertz CT molecular complexity index is 593. The Morgan fingerprint density at radius 2 is 2.25 bits per heavy atom. The van der Waals surface area contributed by atoms with Crippen LogP contribution in [0.5, 0.6) is 0 Å². The lowest BCUT2D eigenvalue weighted by Gasteiger charge is -2.20. The normalized spacial score (nSPS) is 10.5. The summed E-state index contributed by atoms with van der Waals surface area (Å²) in [5, 5.41) is 4.02. The standard InChI is InChI=1S/C14H19N5O/c1-3-18(9-13-6-4-5-11(2)17-13)14(20)10-19-8-12(15)7-16-19/h4-8H,3,9-10,15H2,1-2H3. The van der Waals surface area contributed by atoms with Gasteiger partial charge in [-0.3, -0.25) is 14.5 Å². The molecule has 0 spiro atoms. The number of nitrogens with two attached hydrogens (primary N) is 1. The number of nitrogens with zero attached hydrogens (tertiary/aromatic N) is 4. The third-order valence-electron chi connectivity index (χ3n) is 2.98. The van der Waals surface area contributed by atoms with Gasteiger partial charge in [-0.1, -0.05) is 6.07 Å². The van der Waals surface area contributed by atoms with Crippen LogP contribution in [0.3, 0.4) is 0 Å². The average Bonchev–Trinajstić information content (AvgIpc) is 2.81. The van der Waals surface area contributed by atoms with Crippen LogP contribution >= 0.6 is 0 Å². The van der Waals surface area contributed by atoms with E-state index < -0.39 is 0 Å². The zero-order valence-corrected chi connectivity index (χ0v) is 11.8. The number of carbonyl (C=O) groups excluding carboxylic acids is 1. The molecule has 2 rings (SSSR count). The van der Waals surface area contributed by atoms with Crippen molar-refractivity contribution in [1.29, 1.82) is 0 Å². The number of hydrogen-bond acceptors (Lipinski definition) is 4. The molecule has 0 fully saturated rings. The summed E-state index contributed by atoms with van der Waals surface area (Å²) in [6, 6.07) is 5.81. The van der Waals surface area contributed by atoms with Gasteiger partial charge in [0.2, 0.25) is 5.91 Å². The number of hydrogen-bond donors (Lipinski definition) is 1. The maximum absolute atomic E-state index is 12.2. The summed E-state index contributed by atoms with van der Waals surface area (Å²) in [6.07, 6.45) is 3.18. The van der Waals surface area contributed by atoms with E-state index in [0.717, 1.165) is 11.4 Å². The number of carbonyl (C=O) groups is 1. The fraction of sp³-hybridized carbons (Fsp3) is 0.357. The van der Waals surface area contributed by atoms with Crippen molar-refractivity contribution in [2.45, 2.75) is 26.9 Å². The van der Waals surface area contributed by atoms with E-state index in [1.807, 2.05) is 32.0 Å². The zero-order valence-electron chi connectivity index (χ0n) is 11.8. The lowest BCUT2D eigenvalue weighted by Crippen LogP contribution is -2.33. The van der Waals surface area contributed by atoms with Gasteiger partial charge in [-0.15, -0.1) is 0 Å². The fourth-order valence-electron chi connectivity index (χ4n) is 1.96. The third-order valence-corrected chi connectivity index (χ3v) is 2.98. The topological polar surface area (TPSA) is 77.0 Å². The first-order valence-corrected chi connectivity index (χ1v) is 6.56. The van der Waals surface area contributed by atoms with Gasteiger partial charge in [0.1, 0.15) is 6.54 Å². The van der Waals surface area contributed by atoms with Crippen LogP contribution in [0.2, 0.25) is 0 Å². The quantitative estimate of drug-likeness (QED) is 0.888. The van der Waals surface area contributed by atoms with Crippen molar-refractivity contribution < 1.29 is 4.79 Å². The van der Waals surface area contributed by atoms with Crippen LogP contribution in [0.15, 0.2) is 30.6 Å². The van der Waals surface area contributed by atoms with Crippen molar-refractivity contribution in [2.24, 2.45) is 0 Å². The number of anilines is 1. The van der Waals surface area contributed by atoms with E-state index in [-0.39, 0.29) is 12.5 Å². The van der Waals surface area contributed by atoms with E-state index in [2.05, 4.69) is 10.1 Å². The molecule has 2 heterocycles. The molecule has 0 saturated carbocycles. The molecule has 2 aromatic heterocycles. The van der Waals surface area contributed by atoms with Crippen molar-refractivity contribution in [3.8, 4) is 0 Å². The Hall–Kier alpha value is -2.37. The molecule has 0 saturated heterocycles. The Morgan fingerprint density at radius 3 is 2.85 bits per heavy atom. The van der Waals surface area contributed by atoms with E-state index in [4.69, 9.17) is 5.73 Å². The number of aromatic nitrogens is 3. The van der Waals surface area contributed by atoms with Crippen LogP contribution in [-0.2, 0) is 17.9 Å². The molecule has 0 unspecified atom stereocenters. The largest absolute Gasteiger partial charge is 0.396 e. The second-order valence-corrected chi connectivity index (χ2v) is 4.65. The average molecular weight is 273 g/mol. The molecule has 0 aliphatic carbocycles. The van der Waals surface area contributed by atoms with Crippen LogP contribution in [0, 0.1) is 6.92 Å². The summed E-state index contributed by atoms with van der Waals surface area (Å²) in [5.74, 6) is -0.00101. The highest BCUT2D eigenvalue weighted by atomic mass is 16.2. The number of rotatable bonds is 5. The van der Waals surface area contributed by atoms with Crippen molar-refractivity contribution in [3.63, 3.8) is 0 Å². The summed E-state index contributed by atoms with van der Waals surface area (Å²) in [5.41, 5.74) is 7.98. The Morgan fingerprint density at radius 1 is 1.45 bits per heavy atom. The van der Waals surface area contributed by atoms with Crippen molar-refractivity contribution >= 4 is 11.6 Å². The van der Waals surface area contributed by atoms with E-state index >= 15 is 0 Å². The molecule has 6 heteroatoms. The van der Waals surface area contributed by atoms with Crippen molar-refractivity contribution in [1.82, 2.24) is 19.7 Å². The SMILES string of the molecule is CCN(Cc1cccc(C)n1)C(=O)Cn1cc(N)cn1. The number of aryl methyl sites for hydroxylation is 1. The summed E-state index contributed by atoms with van der Waals surface area (Å²) in [4.78, 5) is 18.4. The van der Waals surface area contributed by atoms with Gasteiger partial charge in [0.25, 0.3) is 0 Å². The van der Waals surface area contributed by atoms with Crippen molar-refractivity contribution in [2.75, 3.05) is 12.3 Å². The van der Waals surface area contributed by atoms with Gasteiger partial charge in [-0.2, -0.15) is 5.10 Å². The minimum atomic E-state index is -0.00101. The minimum absolute atomic E-state index is 0.00101. The fourth-order valence-corrected chi connectivity index (χ4v) is 1.96. The van der Waals surface area contributed by atoms with Gasteiger partial charge >= 0.3 is 0 Å². The molecule has 2 aromatic rings. The third kappa shape index (κ3) is 3.57. The first-order valence-electron chi connectivity index (χ1n) is 6.56. The second kappa shape index (κ2) is 6.18. The minimum Gasteiger partial charge on any atom is -0.396 e. The van der Waals surface area contributed by atoms with Gasteiger partial charge in [-0.25, -0.2) is 0 Å². The predicted octanol–water partition coefficient (Wildman–Crippen LogP) is 1.22. The summed E-state index contributed by atoms with van der Waals surface area (Å²) < 4.78 is 1.55. The molecular weight excluding hydrogens is 254 g/mol. The molecule has 0 aliphatic rings. The van der Waals surface area contributed by atoms with Gasteiger partial charge < -0.3 is 10.6 Å².